The van der Waals surface area contributed by atoms with Crippen LogP contribution in [0.25, 0.3) is 0 Å². The zero-order valence-electron chi connectivity index (χ0n) is 9.68. The van der Waals surface area contributed by atoms with E-state index < -0.39 is 0 Å². The van der Waals surface area contributed by atoms with Crippen LogP contribution in [0.1, 0.15) is 11.1 Å². The summed E-state index contributed by atoms with van der Waals surface area (Å²) in [6.07, 6.45) is 3.75. The van der Waals surface area contributed by atoms with Crippen molar-refractivity contribution >= 4 is 11.6 Å². The third-order valence-corrected chi connectivity index (χ3v) is 2.45. The molecule has 0 unspecified atom stereocenters. The molecule has 2 rings (SSSR count). The van der Waals surface area contributed by atoms with Gasteiger partial charge in [0.05, 0.1) is 6.42 Å². The maximum atomic E-state index is 11.7. The van der Waals surface area contributed by atoms with Crippen molar-refractivity contribution < 1.29 is 4.79 Å². The molecule has 0 aliphatic rings. The summed E-state index contributed by atoms with van der Waals surface area (Å²) >= 11 is 0. The summed E-state index contributed by atoms with van der Waals surface area (Å²) < 4.78 is 0. The molecule has 0 radical (unpaired) electrons. The number of hydrogen-bond donors (Lipinski definition) is 1. The van der Waals surface area contributed by atoms with E-state index in [2.05, 4.69) is 10.3 Å². The van der Waals surface area contributed by atoms with Crippen LogP contribution in [0.15, 0.2) is 48.8 Å². The van der Waals surface area contributed by atoms with Gasteiger partial charge in [-0.15, -0.1) is 0 Å². The Kier molecular flexibility index (Phi) is 3.50. The third kappa shape index (κ3) is 3.41. The van der Waals surface area contributed by atoms with Crippen molar-refractivity contribution in [2.45, 2.75) is 13.3 Å². The number of aromatic nitrogens is 1. The number of carbonyl (C=O) groups excluding carboxylic acids is 1. The molecule has 86 valence electrons. The van der Waals surface area contributed by atoms with Crippen molar-refractivity contribution in [1.82, 2.24) is 4.98 Å². The van der Waals surface area contributed by atoms with Crippen LogP contribution in [-0.2, 0) is 11.2 Å². The zero-order chi connectivity index (χ0) is 12.1. The van der Waals surface area contributed by atoms with Crippen LogP contribution in [0.5, 0.6) is 0 Å². The van der Waals surface area contributed by atoms with Crippen molar-refractivity contribution in [3.8, 4) is 0 Å². The van der Waals surface area contributed by atoms with Gasteiger partial charge in [0.2, 0.25) is 5.91 Å². The standard InChI is InChI=1S/C14H14N2O/c1-11-2-4-13(5-3-11)16-14(17)10-12-6-8-15-9-7-12/h2-9H,10H2,1H3,(H,16,17). The number of hydrogen-bond acceptors (Lipinski definition) is 2. The van der Waals surface area contributed by atoms with Crippen LogP contribution in [0.3, 0.4) is 0 Å². The van der Waals surface area contributed by atoms with Gasteiger partial charge in [0.15, 0.2) is 0 Å². The van der Waals surface area contributed by atoms with E-state index >= 15 is 0 Å². The Labute approximate surface area is 101 Å². The molecule has 17 heavy (non-hydrogen) atoms. The normalized spacial score (nSPS) is 9.94. The molecule has 2 aromatic rings. The predicted octanol–water partition coefficient (Wildman–Crippen LogP) is 2.57. The lowest BCUT2D eigenvalue weighted by molar-refractivity contribution is -0.115. The molecule has 1 N–H and O–H groups in total. The first kappa shape index (κ1) is 11.3. The number of benzene rings is 1. The van der Waals surface area contributed by atoms with Gasteiger partial charge in [-0.3, -0.25) is 9.78 Å². The van der Waals surface area contributed by atoms with E-state index in [1.165, 1.54) is 5.56 Å². The average Bonchev–Trinajstić information content (AvgIpc) is 2.33. The average molecular weight is 226 g/mol. The van der Waals surface area contributed by atoms with Gasteiger partial charge in [-0.25, -0.2) is 0 Å². The molecule has 0 atom stereocenters. The number of rotatable bonds is 3. The van der Waals surface area contributed by atoms with Gasteiger partial charge in [-0.1, -0.05) is 17.7 Å². The summed E-state index contributed by atoms with van der Waals surface area (Å²) in [4.78, 5) is 15.6. The number of anilines is 1. The highest BCUT2D eigenvalue weighted by molar-refractivity contribution is 5.92. The molecule has 1 aromatic carbocycles. The Morgan fingerprint density at radius 1 is 1.12 bits per heavy atom. The van der Waals surface area contributed by atoms with Crippen molar-refractivity contribution in [3.05, 3.63) is 59.9 Å². The van der Waals surface area contributed by atoms with E-state index in [0.29, 0.717) is 6.42 Å². The van der Waals surface area contributed by atoms with Crippen molar-refractivity contribution in [3.63, 3.8) is 0 Å². The number of aryl methyl sites for hydroxylation is 1. The fourth-order valence-corrected chi connectivity index (χ4v) is 1.53. The Morgan fingerprint density at radius 3 is 2.41 bits per heavy atom. The Balaban J connectivity index is 1.96. The summed E-state index contributed by atoms with van der Waals surface area (Å²) in [7, 11) is 0. The molecule has 0 fully saturated rings. The minimum Gasteiger partial charge on any atom is -0.326 e. The molecular weight excluding hydrogens is 212 g/mol. The maximum Gasteiger partial charge on any atom is 0.228 e. The largest absolute Gasteiger partial charge is 0.326 e. The number of carbonyl (C=O) groups is 1. The van der Waals surface area contributed by atoms with Crippen molar-refractivity contribution in [2.24, 2.45) is 0 Å². The summed E-state index contributed by atoms with van der Waals surface area (Å²) in [5, 5.41) is 2.86. The molecule has 0 aliphatic heterocycles. The lowest BCUT2D eigenvalue weighted by Gasteiger charge is -2.05. The number of pyridine rings is 1. The molecule has 1 aromatic heterocycles. The second-order valence-electron chi connectivity index (χ2n) is 3.95. The summed E-state index contributed by atoms with van der Waals surface area (Å²) in [5.74, 6) is -0.0138. The molecular formula is C14H14N2O. The minimum absolute atomic E-state index is 0.0138. The first-order valence-corrected chi connectivity index (χ1v) is 5.49. The number of nitrogens with zero attached hydrogens (tertiary/aromatic N) is 1. The van der Waals surface area contributed by atoms with E-state index in [4.69, 9.17) is 0 Å². The molecule has 3 nitrogen and oxygen atoms in total. The van der Waals surface area contributed by atoms with E-state index in [1.807, 2.05) is 43.3 Å². The first-order chi connectivity index (χ1) is 8.24. The Morgan fingerprint density at radius 2 is 1.76 bits per heavy atom. The summed E-state index contributed by atoms with van der Waals surface area (Å²) in [6, 6.07) is 11.4. The van der Waals surface area contributed by atoms with Crippen LogP contribution in [0, 0.1) is 6.92 Å². The van der Waals surface area contributed by atoms with Gasteiger partial charge in [0.1, 0.15) is 0 Å². The molecule has 0 saturated heterocycles. The van der Waals surface area contributed by atoms with Crippen LogP contribution >= 0.6 is 0 Å². The SMILES string of the molecule is Cc1ccc(NC(=O)Cc2ccncc2)cc1. The molecule has 0 aliphatic carbocycles. The van der Waals surface area contributed by atoms with Crippen LogP contribution in [-0.4, -0.2) is 10.9 Å². The lowest BCUT2D eigenvalue weighted by Crippen LogP contribution is -2.14. The van der Waals surface area contributed by atoms with Crippen LogP contribution in [0.2, 0.25) is 0 Å². The van der Waals surface area contributed by atoms with Gasteiger partial charge in [-0.05, 0) is 36.8 Å². The van der Waals surface area contributed by atoms with Crippen molar-refractivity contribution in [1.29, 1.82) is 0 Å². The fraction of sp³-hybridized carbons (Fsp3) is 0.143. The third-order valence-electron chi connectivity index (χ3n) is 2.45. The van der Waals surface area contributed by atoms with Gasteiger partial charge < -0.3 is 5.32 Å². The maximum absolute atomic E-state index is 11.7. The van der Waals surface area contributed by atoms with Gasteiger partial charge >= 0.3 is 0 Å². The molecule has 3 heteroatoms. The first-order valence-electron chi connectivity index (χ1n) is 5.49. The van der Waals surface area contributed by atoms with Gasteiger partial charge in [-0.2, -0.15) is 0 Å². The van der Waals surface area contributed by atoms with E-state index in [-0.39, 0.29) is 5.91 Å². The van der Waals surface area contributed by atoms with E-state index in [0.717, 1.165) is 11.3 Å². The smallest absolute Gasteiger partial charge is 0.228 e. The second-order valence-corrected chi connectivity index (χ2v) is 3.95. The molecule has 0 bridgehead atoms. The monoisotopic (exact) mass is 226 g/mol. The van der Waals surface area contributed by atoms with Gasteiger partial charge in [0, 0.05) is 18.1 Å². The van der Waals surface area contributed by atoms with Crippen LogP contribution in [0.4, 0.5) is 5.69 Å². The lowest BCUT2D eigenvalue weighted by atomic mass is 10.2. The van der Waals surface area contributed by atoms with Gasteiger partial charge in [0.25, 0.3) is 0 Å². The van der Waals surface area contributed by atoms with Crippen molar-refractivity contribution in [2.75, 3.05) is 5.32 Å². The number of amides is 1. The van der Waals surface area contributed by atoms with Crippen LogP contribution < -0.4 is 5.32 Å². The molecule has 1 heterocycles. The van der Waals surface area contributed by atoms with E-state index in [9.17, 15) is 4.79 Å². The minimum atomic E-state index is -0.0138. The predicted molar refractivity (Wildman–Crippen MR) is 67.7 cm³/mol. The molecule has 0 saturated carbocycles. The Hall–Kier alpha value is -2.16. The Bertz CT molecular complexity index is 491. The fourth-order valence-electron chi connectivity index (χ4n) is 1.53. The summed E-state index contributed by atoms with van der Waals surface area (Å²) in [5.41, 5.74) is 2.97. The highest BCUT2D eigenvalue weighted by atomic mass is 16.1. The summed E-state index contributed by atoms with van der Waals surface area (Å²) in [6.45, 7) is 2.02. The quantitative estimate of drug-likeness (QED) is 0.874. The highest BCUT2D eigenvalue weighted by Crippen LogP contribution is 2.09. The molecule has 1 amide bonds. The topological polar surface area (TPSA) is 42.0 Å². The highest BCUT2D eigenvalue weighted by Gasteiger charge is 2.03. The number of nitrogens with one attached hydrogen (secondary N) is 1. The zero-order valence-corrected chi connectivity index (χ0v) is 9.68. The molecule has 0 spiro atoms. The second kappa shape index (κ2) is 5.25. The van der Waals surface area contributed by atoms with E-state index in [1.54, 1.807) is 12.4 Å².